The van der Waals surface area contributed by atoms with Crippen molar-refractivity contribution in [1.29, 1.82) is 0 Å². The maximum Gasteiger partial charge on any atom is 0.265 e. The summed E-state index contributed by atoms with van der Waals surface area (Å²) < 4.78 is 22.7. The van der Waals surface area contributed by atoms with E-state index in [1.54, 1.807) is 19.1 Å². The molecule has 5 rings (SSSR count). The van der Waals surface area contributed by atoms with E-state index in [1.165, 1.54) is 0 Å². The summed E-state index contributed by atoms with van der Waals surface area (Å²) in [6.45, 7) is 2.01. The molecule has 0 fully saturated rings. The number of carbonyl (C=O) groups excluding carboxylic acids is 1. The third kappa shape index (κ3) is 3.31. The number of hydrogen-bond acceptors (Lipinski definition) is 6. The van der Waals surface area contributed by atoms with Crippen molar-refractivity contribution >= 4 is 16.9 Å². The summed E-state index contributed by atoms with van der Waals surface area (Å²) in [4.78, 5) is 12.6. The van der Waals surface area contributed by atoms with Gasteiger partial charge in [0.15, 0.2) is 17.3 Å². The summed E-state index contributed by atoms with van der Waals surface area (Å²) in [5.74, 6) is 2.01. The second kappa shape index (κ2) is 7.01. The van der Waals surface area contributed by atoms with Gasteiger partial charge in [0.2, 0.25) is 11.9 Å². The zero-order chi connectivity index (χ0) is 19.8. The number of aromatic nitrogens is 1. The van der Waals surface area contributed by atoms with E-state index in [9.17, 15) is 4.79 Å². The summed E-state index contributed by atoms with van der Waals surface area (Å²) in [5, 5.41) is 7.82. The Hall–Kier alpha value is -3.74. The molecular weight excluding hydrogens is 372 g/mol. The lowest BCUT2D eigenvalue weighted by atomic mass is 10.1. The molecule has 1 aliphatic heterocycles. The highest BCUT2D eigenvalue weighted by molar-refractivity contribution is 5.83. The van der Waals surface area contributed by atoms with Crippen molar-refractivity contribution in [2.45, 2.75) is 25.7 Å². The zero-order valence-corrected chi connectivity index (χ0v) is 15.6. The molecular formula is C22H18N2O5. The standard InChI is InChI=1S/C22H18N2O5/c1-13-21(28-18-9-5-4-8-17(18)26-13)22(25)23-12-15-11-20(29-24-15)19-10-14-6-2-3-7-16(14)27-19/h2-11,13,21H,12H2,1H3,(H,23,25)/t13-,21+/m0/s1. The van der Waals surface area contributed by atoms with Gasteiger partial charge in [0.05, 0.1) is 6.54 Å². The van der Waals surface area contributed by atoms with Gasteiger partial charge in [-0.1, -0.05) is 35.5 Å². The van der Waals surface area contributed by atoms with Crippen LogP contribution in [0, 0.1) is 0 Å². The number of para-hydroxylation sites is 3. The maximum atomic E-state index is 12.6. The van der Waals surface area contributed by atoms with Gasteiger partial charge in [0, 0.05) is 11.5 Å². The van der Waals surface area contributed by atoms with Crippen molar-refractivity contribution in [3.8, 4) is 23.0 Å². The van der Waals surface area contributed by atoms with E-state index in [2.05, 4.69) is 10.5 Å². The summed E-state index contributed by atoms with van der Waals surface area (Å²) in [6.07, 6.45) is -1.15. The Morgan fingerprint density at radius 3 is 2.59 bits per heavy atom. The van der Waals surface area contributed by atoms with Gasteiger partial charge in [-0.15, -0.1) is 0 Å². The number of fused-ring (bicyclic) bond motifs is 2. The molecule has 0 aliphatic carbocycles. The minimum Gasteiger partial charge on any atom is -0.482 e. The van der Waals surface area contributed by atoms with Crippen LogP contribution in [0.15, 0.2) is 69.6 Å². The number of amides is 1. The third-order valence-electron chi connectivity index (χ3n) is 4.77. The normalized spacial score (nSPS) is 18.0. The van der Waals surface area contributed by atoms with E-state index >= 15 is 0 Å². The molecule has 3 heterocycles. The largest absolute Gasteiger partial charge is 0.482 e. The molecule has 1 N–H and O–H groups in total. The summed E-state index contributed by atoms with van der Waals surface area (Å²) in [7, 11) is 0. The van der Waals surface area contributed by atoms with Crippen LogP contribution in [0.4, 0.5) is 0 Å². The Balaban J connectivity index is 1.25. The van der Waals surface area contributed by atoms with Crippen LogP contribution >= 0.6 is 0 Å². The average Bonchev–Trinajstić information content (AvgIpc) is 3.38. The van der Waals surface area contributed by atoms with Crippen LogP contribution in [-0.4, -0.2) is 23.3 Å². The van der Waals surface area contributed by atoms with Gasteiger partial charge >= 0.3 is 0 Å². The number of ether oxygens (including phenoxy) is 2. The van der Waals surface area contributed by atoms with E-state index in [4.69, 9.17) is 18.4 Å². The fourth-order valence-corrected chi connectivity index (χ4v) is 3.30. The van der Waals surface area contributed by atoms with Crippen LogP contribution < -0.4 is 14.8 Å². The molecule has 2 aromatic carbocycles. The molecule has 0 bridgehead atoms. The van der Waals surface area contributed by atoms with Crippen LogP contribution in [0.2, 0.25) is 0 Å². The van der Waals surface area contributed by atoms with Gasteiger partial charge in [0.1, 0.15) is 17.4 Å². The average molecular weight is 390 g/mol. The molecule has 0 unspecified atom stereocenters. The Morgan fingerprint density at radius 2 is 1.76 bits per heavy atom. The molecule has 7 heteroatoms. The van der Waals surface area contributed by atoms with Crippen LogP contribution in [0.1, 0.15) is 12.6 Å². The lowest BCUT2D eigenvalue weighted by Crippen LogP contribution is -2.48. The van der Waals surface area contributed by atoms with Crippen molar-refractivity contribution in [2.24, 2.45) is 0 Å². The molecule has 4 aromatic rings. The van der Waals surface area contributed by atoms with Gasteiger partial charge in [-0.2, -0.15) is 0 Å². The Morgan fingerprint density at radius 1 is 1.00 bits per heavy atom. The SMILES string of the molecule is C[C@@H]1Oc2ccccc2O[C@H]1C(=O)NCc1cc(-c2cc3ccccc3o2)on1. The summed E-state index contributed by atoms with van der Waals surface area (Å²) in [5.41, 5.74) is 1.36. The molecule has 0 saturated heterocycles. The van der Waals surface area contributed by atoms with Crippen molar-refractivity contribution in [1.82, 2.24) is 10.5 Å². The molecule has 0 spiro atoms. The van der Waals surface area contributed by atoms with Gasteiger partial charge in [-0.25, -0.2) is 0 Å². The molecule has 1 aliphatic rings. The highest BCUT2D eigenvalue weighted by Gasteiger charge is 2.34. The van der Waals surface area contributed by atoms with Gasteiger partial charge in [-0.05, 0) is 31.2 Å². The molecule has 29 heavy (non-hydrogen) atoms. The second-order valence-corrected chi connectivity index (χ2v) is 6.86. The van der Waals surface area contributed by atoms with E-state index in [0.29, 0.717) is 28.7 Å². The van der Waals surface area contributed by atoms with E-state index in [-0.39, 0.29) is 12.5 Å². The zero-order valence-electron chi connectivity index (χ0n) is 15.6. The predicted molar refractivity (Wildman–Crippen MR) is 105 cm³/mol. The summed E-state index contributed by atoms with van der Waals surface area (Å²) >= 11 is 0. The number of rotatable bonds is 4. The highest BCUT2D eigenvalue weighted by Crippen LogP contribution is 2.33. The summed E-state index contributed by atoms with van der Waals surface area (Å²) in [6, 6.07) is 18.6. The predicted octanol–water partition coefficient (Wildman–Crippen LogP) is 3.93. The lowest BCUT2D eigenvalue weighted by molar-refractivity contribution is -0.133. The second-order valence-electron chi connectivity index (χ2n) is 6.86. The molecule has 7 nitrogen and oxygen atoms in total. The molecule has 2 aromatic heterocycles. The fraction of sp³-hybridized carbons (Fsp3) is 0.182. The Bertz CT molecular complexity index is 1150. The van der Waals surface area contributed by atoms with Crippen molar-refractivity contribution in [2.75, 3.05) is 0 Å². The molecule has 0 saturated carbocycles. The van der Waals surface area contributed by atoms with Gasteiger partial charge < -0.3 is 23.7 Å². The molecule has 1 amide bonds. The van der Waals surface area contributed by atoms with Crippen LogP contribution in [-0.2, 0) is 11.3 Å². The van der Waals surface area contributed by atoms with Crippen LogP contribution in [0.25, 0.3) is 22.5 Å². The molecule has 0 radical (unpaired) electrons. The Labute approximate surface area is 166 Å². The topological polar surface area (TPSA) is 86.7 Å². The Kier molecular flexibility index (Phi) is 4.20. The smallest absolute Gasteiger partial charge is 0.265 e. The maximum absolute atomic E-state index is 12.6. The quantitative estimate of drug-likeness (QED) is 0.568. The monoisotopic (exact) mass is 390 g/mol. The number of benzene rings is 2. The van der Waals surface area contributed by atoms with E-state index < -0.39 is 12.2 Å². The first-order valence-corrected chi connectivity index (χ1v) is 9.32. The number of nitrogens with zero attached hydrogens (tertiary/aromatic N) is 1. The van der Waals surface area contributed by atoms with E-state index in [0.717, 1.165) is 11.0 Å². The van der Waals surface area contributed by atoms with Crippen LogP contribution in [0.3, 0.4) is 0 Å². The molecule has 2 atom stereocenters. The first kappa shape index (κ1) is 17.4. The van der Waals surface area contributed by atoms with Gasteiger partial charge in [0.25, 0.3) is 5.91 Å². The first-order valence-electron chi connectivity index (χ1n) is 9.32. The fourth-order valence-electron chi connectivity index (χ4n) is 3.30. The van der Waals surface area contributed by atoms with Crippen LogP contribution in [0.5, 0.6) is 11.5 Å². The minimum atomic E-state index is -0.744. The van der Waals surface area contributed by atoms with Crippen molar-refractivity contribution in [3.63, 3.8) is 0 Å². The molecule has 146 valence electrons. The number of furan rings is 1. The van der Waals surface area contributed by atoms with Crippen molar-refractivity contribution < 1.29 is 23.2 Å². The van der Waals surface area contributed by atoms with Gasteiger partial charge in [-0.3, -0.25) is 4.79 Å². The number of carbonyl (C=O) groups is 1. The third-order valence-corrected chi connectivity index (χ3v) is 4.77. The minimum absolute atomic E-state index is 0.205. The lowest BCUT2D eigenvalue weighted by Gasteiger charge is -2.30. The van der Waals surface area contributed by atoms with Crippen molar-refractivity contribution in [3.05, 3.63) is 66.4 Å². The highest BCUT2D eigenvalue weighted by atomic mass is 16.6. The number of nitrogens with one attached hydrogen (secondary N) is 1. The number of hydrogen-bond donors (Lipinski definition) is 1. The first-order chi connectivity index (χ1) is 14.2. The van der Waals surface area contributed by atoms with E-state index in [1.807, 2.05) is 48.5 Å².